The zero-order valence-corrected chi connectivity index (χ0v) is 13.8. The maximum Gasteiger partial charge on any atom is 0.241 e. The third kappa shape index (κ3) is 4.10. The lowest BCUT2D eigenvalue weighted by atomic mass is 9.96. The summed E-state index contributed by atoms with van der Waals surface area (Å²) in [4.78, 5) is 17.8. The van der Waals surface area contributed by atoms with E-state index in [0.717, 1.165) is 31.6 Å². The number of pyridine rings is 1. The monoisotopic (exact) mass is 331 g/mol. The molecule has 1 aliphatic rings. The van der Waals surface area contributed by atoms with E-state index < -0.39 is 0 Å². The van der Waals surface area contributed by atoms with Crippen LogP contribution >= 0.6 is 0 Å². The fourth-order valence-corrected chi connectivity index (χ4v) is 3.01. The average Bonchev–Trinajstić information content (AvgIpc) is 2.99. The minimum atomic E-state index is -0.279. The van der Waals surface area contributed by atoms with Crippen LogP contribution in [0.1, 0.15) is 18.5 Å². The molecule has 7 heteroatoms. The van der Waals surface area contributed by atoms with Gasteiger partial charge in [0.25, 0.3) is 0 Å². The number of piperidine rings is 1. The lowest BCUT2D eigenvalue weighted by molar-refractivity contribution is -0.122. The molecule has 1 fully saturated rings. The molecule has 0 bridgehead atoms. The second-order valence-corrected chi connectivity index (χ2v) is 6.22. The molecule has 1 saturated heterocycles. The number of carbonyl (C=O) groups excluding carboxylic acids is 1. The summed E-state index contributed by atoms with van der Waals surface area (Å²) in [5.41, 5.74) is 1.51. The third-order valence-electron chi connectivity index (χ3n) is 4.37. The molecule has 0 aromatic carbocycles. The maximum absolute atomic E-state index is 13.8. The predicted octanol–water partition coefficient (Wildman–Crippen LogP) is 1.76. The van der Waals surface area contributed by atoms with Crippen LogP contribution in [0.15, 0.2) is 30.7 Å². The predicted molar refractivity (Wildman–Crippen MR) is 89.1 cm³/mol. The highest BCUT2D eigenvalue weighted by molar-refractivity contribution is 5.75. The highest BCUT2D eigenvalue weighted by Gasteiger charge is 2.21. The summed E-state index contributed by atoms with van der Waals surface area (Å²) < 4.78 is 15.4. The fourth-order valence-electron chi connectivity index (χ4n) is 3.01. The number of aromatic nitrogens is 3. The molecule has 0 atom stereocenters. The van der Waals surface area contributed by atoms with Gasteiger partial charge in [0.15, 0.2) is 5.82 Å². The first-order chi connectivity index (χ1) is 11.6. The summed E-state index contributed by atoms with van der Waals surface area (Å²) in [5.74, 6) is 0.119. The summed E-state index contributed by atoms with van der Waals surface area (Å²) in [6.07, 6.45) is 6.53. The molecule has 2 aromatic rings. The number of aryl methyl sites for hydroxylation is 1. The van der Waals surface area contributed by atoms with E-state index in [9.17, 15) is 9.18 Å². The van der Waals surface area contributed by atoms with Crippen molar-refractivity contribution in [2.75, 3.05) is 24.5 Å². The smallest absolute Gasteiger partial charge is 0.241 e. The molecule has 2 aromatic heterocycles. The third-order valence-corrected chi connectivity index (χ3v) is 4.37. The van der Waals surface area contributed by atoms with Crippen molar-refractivity contribution in [3.63, 3.8) is 0 Å². The maximum atomic E-state index is 13.8. The van der Waals surface area contributed by atoms with Crippen LogP contribution in [0.25, 0.3) is 0 Å². The Kier molecular flexibility index (Phi) is 5.08. The van der Waals surface area contributed by atoms with Crippen molar-refractivity contribution in [3.05, 3.63) is 42.2 Å². The summed E-state index contributed by atoms with van der Waals surface area (Å²) in [5, 5.41) is 7.18. The summed E-state index contributed by atoms with van der Waals surface area (Å²) in [6, 6.07) is 3.59. The lowest BCUT2D eigenvalue weighted by Gasteiger charge is -2.33. The molecule has 1 N–H and O–H groups in total. The Labute approximate surface area is 140 Å². The summed E-state index contributed by atoms with van der Waals surface area (Å²) in [6.45, 7) is 4.38. The van der Waals surface area contributed by atoms with E-state index in [2.05, 4.69) is 15.4 Å². The molecule has 0 radical (unpaired) electrons. The Hall–Kier alpha value is -2.44. The van der Waals surface area contributed by atoms with Crippen LogP contribution < -0.4 is 10.2 Å². The Morgan fingerprint density at radius 3 is 2.83 bits per heavy atom. The van der Waals surface area contributed by atoms with Gasteiger partial charge < -0.3 is 10.2 Å². The molecule has 6 nitrogen and oxygen atoms in total. The molecule has 3 rings (SSSR count). The molecule has 3 heterocycles. The minimum absolute atomic E-state index is 0.0271. The van der Waals surface area contributed by atoms with Gasteiger partial charge in [-0.2, -0.15) is 5.10 Å². The number of halogens is 1. The van der Waals surface area contributed by atoms with Crippen LogP contribution in [0, 0.1) is 18.7 Å². The molecular formula is C17H22FN5O. The normalized spacial score (nSPS) is 15.5. The highest BCUT2D eigenvalue weighted by atomic mass is 19.1. The number of amides is 1. The largest absolute Gasteiger partial charge is 0.369 e. The van der Waals surface area contributed by atoms with E-state index in [1.54, 1.807) is 23.1 Å². The Morgan fingerprint density at radius 2 is 2.17 bits per heavy atom. The second kappa shape index (κ2) is 7.42. The van der Waals surface area contributed by atoms with Crippen LogP contribution in [0.2, 0.25) is 0 Å². The SMILES string of the molecule is Cc1ccn(CC(=O)NCC2CCN(c3ccncc3F)CC2)n1. The number of anilines is 1. The zero-order valence-electron chi connectivity index (χ0n) is 13.8. The van der Waals surface area contributed by atoms with Crippen molar-refractivity contribution in [1.82, 2.24) is 20.1 Å². The first kappa shape index (κ1) is 16.4. The van der Waals surface area contributed by atoms with Gasteiger partial charge in [0.1, 0.15) is 6.54 Å². The summed E-state index contributed by atoms with van der Waals surface area (Å²) in [7, 11) is 0. The molecular weight excluding hydrogens is 309 g/mol. The van der Waals surface area contributed by atoms with E-state index in [1.807, 2.05) is 17.9 Å². The number of nitrogens with one attached hydrogen (secondary N) is 1. The summed E-state index contributed by atoms with van der Waals surface area (Å²) >= 11 is 0. The van der Waals surface area contributed by atoms with Crippen molar-refractivity contribution >= 4 is 11.6 Å². The van der Waals surface area contributed by atoms with Gasteiger partial charge >= 0.3 is 0 Å². The van der Waals surface area contributed by atoms with Crippen molar-refractivity contribution in [2.45, 2.75) is 26.3 Å². The number of rotatable bonds is 5. The highest BCUT2D eigenvalue weighted by Crippen LogP contribution is 2.24. The van der Waals surface area contributed by atoms with Crippen molar-refractivity contribution in [2.24, 2.45) is 5.92 Å². The Bertz CT molecular complexity index is 694. The van der Waals surface area contributed by atoms with E-state index in [0.29, 0.717) is 18.2 Å². The number of hydrogen-bond acceptors (Lipinski definition) is 4. The molecule has 128 valence electrons. The molecule has 0 aliphatic carbocycles. The quantitative estimate of drug-likeness (QED) is 0.907. The van der Waals surface area contributed by atoms with Gasteiger partial charge in [-0.1, -0.05) is 0 Å². The van der Waals surface area contributed by atoms with Crippen molar-refractivity contribution in [1.29, 1.82) is 0 Å². The first-order valence-corrected chi connectivity index (χ1v) is 8.23. The fraction of sp³-hybridized carbons (Fsp3) is 0.471. The Balaban J connectivity index is 1.42. The van der Waals surface area contributed by atoms with E-state index in [-0.39, 0.29) is 18.3 Å². The van der Waals surface area contributed by atoms with Crippen LogP contribution in [0.5, 0.6) is 0 Å². The van der Waals surface area contributed by atoms with Gasteiger partial charge in [-0.05, 0) is 37.8 Å². The van der Waals surface area contributed by atoms with Gasteiger partial charge in [-0.25, -0.2) is 4.39 Å². The second-order valence-electron chi connectivity index (χ2n) is 6.22. The van der Waals surface area contributed by atoms with Crippen LogP contribution in [0.3, 0.4) is 0 Å². The number of nitrogens with zero attached hydrogens (tertiary/aromatic N) is 4. The van der Waals surface area contributed by atoms with Crippen molar-refractivity contribution < 1.29 is 9.18 Å². The van der Waals surface area contributed by atoms with Gasteiger partial charge in [0.05, 0.1) is 17.6 Å². The van der Waals surface area contributed by atoms with Crippen LogP contribution in [0.4, 0.5) is 10.1 Å². The topological polar surface area (TPSA) is 63.1 Å². The lowest BCUT2D eigenvalue weighted by Crippen LogP contribution is -2.39. The van der Waals surface area contributed by atoms with Gasteiger partial charge in [-0.15, -0.1) is 0 Å². The van der Waals surface area contributed by atoms with Gasteiger partial charge in [0, 0.05) is 32.0 Å². The van der Waals surface area contributed by atoms with Crippen LogP contribution in [-0.2, 0) is 11.3 Å². The molecule has 24 heavy (non-hydrogen) atoms. The van der Waals surface area contributed by atoms with Gasteiger partial charge in [0.2, 0.25) is 5.91 Å². The molecule has 1 amide bonds. The Morgan fingerprint density at radius 1 is 1.38 bits per heavy atom. The van der Waals surface area contributed by atoms with Crippen molar-refractivity contribution in [3.8, 4) is 0 Å². The van der Waals surface area contributed by atoms with Crippen LogP contribution in [-0.4, -0.2) is 40.3 Å². The average molecular weight is 331 g/mol. The van der Waals surface area contributed by atoms with E-state index in [4.69, 9.17) is 0 Å². The number of hydrogen-bond donors (Lipinski definition) is 1. The molecule has 0 unspecified atom stereocenters. The van der Waals surface area contributed by atoms with E-state index in [1.165, 1.54) is 6.20 Å². The number of carbonyl (C=O) groups is 1. The first-order valence-electron chi connectivity index (χ1n) is 8.23. The molecule has 0 saturated carbocycles. The van der Waals surface area contributed by atoms with Gasteiger partial charge in [-0.3, -0.25) is 14.5 Å². The zero-order chi connectivity index (χ0) is 16.9. The van der Waals surface area contributed by atoms with E-state index >= 15 is 0 Å². The minimum Gasteiger partial charge on any atom is -0.369 e. The molecule has 0 spiro atoms. The molecule has 1 aliphatic heterocycles. The standard InChI is InChI=1S/C17H22FN5O/c1-13-3-9-23(21-13)12-17(24)20-10-14-4-7-22(8-5-14)16-2-6-19-11-15(16)18/h2-3,6,9,11,14H,4-5,7-8,10,12H2,1H3,(H,20,24).